The topological polar surface area (TPSA) is 50.8 Å². The lowest BCUT2D eigenvalue weighted by Crippen LogP contribution is -2.37. The van der Waals surface area contributed by atoms with Crippen LogP contribution in [0.4, 0.5) is 0 Å². The fourth-order valence-corrected chi connectivity index (χ4v) is 1.83. The van der Waals surface area contributed by atoms with Crippen LogP contribution in [0.1, 0.15) is 5.56 Å². The molecule has 0 aromatic heterocycles. The van der Waals surface area contributed by atoms with E-state index in [1.165, 1.54) is 0 Å². The molecule has 0 heterocycles. The highest BCUT2D eigenvalue weighted by molar-refractivity contribution is 5.85. The second-order valence-electron chi connectivity index (χ2n) is 4.55. The van der Waals surface area contributed by atoms with Gasteiger partial charge in [0.2, 0.25) is 5.91 Å². The first-order chi connectivity index (χ1) is 9.69. The molecule has 5 nitrogen and oxygen atoms in total. The summed E-state index contributed by atoms with van der Waals surface area (Å²) in [4.78, 5) is 13.6. The molecule has 1 aromatic rings. The Bertz CT molecular complexity index is 416. The van der Waals surface area contributed by atoms with E-state index >= 15 is 0 Å². The summed E-state index contributed by atoms with van der Waals surface area (Å²) >= 11 is 0. The van der Waals surface area contributed by atoms with Gasteiger partial charge in [-0.15, -0.1) is 12.4 Å². The van der Waals surface area contributed by atoms with Gasteiger partial charge in [0.05, 0.1) is 20.3 Å². The molecule has 0 radical (unpaired) electrons. The normalized spacial score (nSPS) is 9.86. The van der Waals surface area contributed by atoms with E-state index in [0.717, 1.165) is 17.7 Å². The molecule has 0 aliphatic rings. The number of amides is 1. The molecule has 120 valence electrons. The molecular weight excluding hydrogens is 292 g/mol. The van der Waals surface area contributed by atoms with Crippen molar-refractivity contribution in [2.45, 2.75) is 6.42 Å². The molecule has 0 bridgehead atoms. The van der Waals surface area contributed by atoms with Gasteiger partial charge in [-0.3, -0.25) is 4.79 Å². The Balaban J connectivity index is 0.00000400. The van der Waals surface area contributed by atoms with Gasteiger partial charge < -0.3 is 19.7 Å². The predicted molar refractivity (Wildman–Crippen MR) is 86.3 cm³/mol. The number of nitrogens with zero attached hydrogens (tertiary/aromatic N) is 1. The molecule has 0 saturated carbocycles. The van der Waals surface area contributed by atoms with Crippen LogP contribution in [0.25, 0.3) is 0 Å². The third-order valence-corrected chi connectivity index (χ3v) is 3.09. The van der Waals surface area contributed by atoms with Crippen LogP contribution in [0, 0.1) is 0 Å². The van der Waals surface area contributed by atoms with Gasteiger partial charge in [0, 0.05) is 27.2 Å². The van der Waals surface area contributed by atoms with Crippen molar-refractivity contribution >= 4 is 18.3 Å². The fourth-order valence-electron chi connectivity index (χ4n) is 1.83. The van der Waals surface area contributed by atoms with Crippen LogP contribution < -0.4 is 10.1 Å². The molecule has 0 aliphatic carbocycles. The number of ether oxygens (including phenoxy) is 2. The van der Waals surface area contributed by atoms with Crippen LogP contribution in [0.2, 0.25) is 0 Å². The summed E-state index contributed by atoms with van der Waals surface area (Å²) in [6, 6.07) is 7.88. The Morgan fingerprint density at radius 1 is 1.29 bits per heavy atom. The van der Waals surface area contributed by atoms with Crippen molar-refractivity contribution in [1.82, 2.24) is 10.2 Å². The van der Waals surface area contributed by atoms with Crippen molar-refractivity contribution in [1.29, 1.82) is 0 Å². The quantitative estimate of drug-likeness (QED) is 0.699. The van der Waals surface area contributed by atoms with Gasteiger partial charge >= 0.3 is 0 Å². The smallest absolute Gasteiger partial charge is 0.236 e. The van der Waals surface area contributed by atoms with Crippen LogP contribution in [-0.4, -0.2) is 58.3 Å². The maximum Gasteiger partial charge on any atom is 0.236 e. The van der Waals surface area contributed by atoms with Crippen molar-refractivity contribution in [3.05, 3.63) is 29.8 Å². The Kier molecular flexibility index (Phi) is 10.7. The standard InChI is InChI=1S/C15H24N2O3.ClH/c1-17(15(18)12-16-9-11-19-2)10-8-13-6-4-5-7-14(13)20-3;/h4-7,16H,8-12H2,1-3H3;1H. The number of likely N-dealkylation sites (N-methyl/N-ethyl adjacent to an activating group) is 1. The molecule has 0 saturated heterocycles. The van der Waals surface area contributed by atoms with Crippen molar-refractivity contribution in [3.8, 4) is 5.75 Å². The van der Waals surface area contributed by atoms with Crippen LogP contribution in [0.5, 0.6) is 5.75 Å². The van der Waals surface area contributed by atoms with E-state index in [4.69, 9.17) is 9.47 Å². The minimum absolute atomic E-state index is 0. The first-order valence-corrected chi connectivity index (χ1v) is 6.74. The van der Waals surface area contributed by atoms with E-state index in [-0.39, 0.29) is 18.3 Å². The highest BCUT2D eigenvalue weighted by atomic mass is 35.5. The molecule has 1 aromatic carbocycles. The average molecular weight is 317 g/mol. The number of rotatable bonds is 9. The number of hydrogen-bond donors (Lipinski definition) is 1. The Morgan fingerprint density at radius 2 is 2.00 bits per heavy atom. The molecule has 0 unspecified atom stereocenters. The first kappa shape index (κ1) is 19.7. The molecule has 1 rings (SSSR count). The van der Waals surface area contributed by atoms with Crippen molar-refractivity contribution in [3.63, 3.8) is 0 Å². The maximum atomic E-state index is 11.9. The highest BCUT2D eigenvalue weighted by Crippen LogP contribution is 2.17. The summed E-state index contributed by atoms with van der Waals surface area (Å²) in [6.45, 7) is 2.30. The number of benzene rings is 1. The van der Waals surface area contributed by atoms with Crippen LogP contribution in [-0.2, 0) is 16.0 Å². The van der Waals surface area contributed by atoms with E-state index in [0.29, 0.717) is 26.2 Å². The van der Waals surface area contributed by atoms with Crippen molar-refractivity contribution < 1.29 is 14.3 Å². The lowest BCUT2D eigenvalue weighted by atomic mass is 10.1. The van der Waals surface area contributed by atoms with Crippen molar-refractivity contribution in [2.24, 2.45) is 0 Å². The first-order valence-electron chi connectivity index (χ1n) is 6.74. The summed E-state index contributed by atoms with van der Waals surface area (Å²) in [5.74, 6) is 0.947. The number of halogens is 1. The SMILES string of the molecule is COCCNCC(=O)N(C)CCc1ccccc1OC.Cl. The average Bonchev–Trinajstić information content (AvgIpc) is 2.49. The molecule has 0 fully saturated rings. The molecule has 1 N–H and O–H groups in total. The van der Waals surface area contributed by atoms with Crippen LogP contribution >= 0.6 is 12.4 Å². The molecule has 21 heavy (non-hydrogen) atoms. The van der Waals surface area contributed by atoms with Gasteiger partial charge in [-0.05, 0) is 18.1 Å². The van der Waals surface area contributed by atoms with Crippen LogP contribution in [0.3, 0.4) is 0 Å². The summed E-state index contributed by atoms with van der Waals surface area (Å²) in [6.07, 6.45) is 0.782. The number of carbonyl (C=O) groups excluding carboxylic acids is 1. The Labute approximate surface area is 133 Å². The zero-order valence-electron chi connectivity index (χ0n) is 12.9. The van der Waals surface area contributed by atoms with E-state index in [1.807, 2.05) is 31.3 Å². The third-order valence-electron chi connectivity index (χ3n) is 3.09. The van der Waals surface area contributed by atoms with E-state index < -0.39 is 0 Å². The second-order valence-corrected chi connectivity index (χ2v) is 4.55. The lowest BCUT2D eigenvalue weighted by Gasteiger charge is -2.18. The summed E-state index contributed by atoms with van der Waals surface area (Å²) in [5, 5.41) is 3.05. The molecule has 0 spiro atoms. The zero-order valence-corrected chi connectivity index (χ0v) is 13.7. The number of carbonyl (C=O) groups is 1. The molecule has 0 atom stereocenters. The van der Waals surface area contributed by atoms with Gasteiger partial charge in [-0.1, -0.05) is 18.2 Å². The Morgan fingerprint density at radius 3 is 2.67 bits per heavy atom. The number of para-hydroxylation sites is 1. The molecular formula is C15H25ClN2O3. The largest absolute Gasteiger partial charge is 0.496 e. The zero-order chi connectivity index (χ0) is 14.8. The molecule has 6 heteroatoms. The summed E-state index contributed by atoms with van der Waals surface area (Å²) < 4.78 is 10.2. The van der Waals surface area contributed by atoms with Crippen molar-refractivity contribution in [2.75, 3.05) is 47.5 Å². The van der Waals surface area contributed by atoms with Gasteiger partial charge in [0.25, 0.3) is 0 Å². The van der Waals surface area contributed by atoms with E-state index in [9.17, 15) is 4.79 Å². The number of methoxy groups -OCH3 is 2. The maximum absolute atomic E-state index is 11.9. The van der Waals surface area contributed by atoms with Gasteiger partial charge in [-0.25, -0.2) is 0 Å². The lowest BCUT2D eigenvalue weighted by molar-refractivity contribution is -0.128. The summed E-state index contributed by atoms with van der Waals surface area (Å²) in [7, 11) is 5.12. The van der Waals surface area contributed by atoms with Gasteiger partial charge in [0.15, 0.2) is 0 Å². The minimum Gasteiger partial charge on any atom is -0.496 e. The van der Waals surface area contributed by atoms with E-state index in [2.05, 4.69) is 5.32 Å². The van der Waals surface area contributed by atoms with Gasteiger partial charge in [-0.2, -0.15) is 0 Å². The monoisotopic (exact) mass is 316 g/mol. The predicted octanol–water partition coefficient (Wildman–Crippen LogP) is 1.35. The van der Waals surface area contributed by atoms with Crippen LogP contribution in [0.15, 0.2) is 24.3 Å². The highest BCUT2D eigenvalue weighted by Gasteiger charge is 2.09. The second kappa shape index (κ2) is 11.4. The third kappa shape index (κ3) is 7.32. The van der Waals surface area contributed by atoms with E-state index in [1.54, 1.807) is 19.1 Å². The molecule has 0 aliphatic heterocycles. The molecule has 1 amide bonds. The number of hydrogen-bond acceptors (Lipinski definition) is 4. The summed E-state index contributed by atoms with van der Waals surface area (Å²) in [5.41, 5.74) is 1.11. The van der Waals surface area contributed by atoms with Gasteiger partial charge in [0.1, 0.15) is 5.75 Å². The fraction of sp³-hybridized carbons (Fsp3) is 0.533. The minimum atomic E-state index is 0. The Hall–Kier alpha value is -1.30. The number of nitrogens with one attached hydrogen (secondary N) is 1.